The van der Waals surface area contributed by atoms with Crippen LogP contribution in [-0.2, 0) is 0 Å². The Morgan fingerprint density at radius 1 is 1.29 bits per heavy atom. The smallest absolute Gasteiger partial charge is 0.256 e. The second-order valence-electron chi connectivity index (χ2n) is 3.52. The van der Waals surface area contributed by atoms with E-state index in [1.54, 1.807) is 26.0 Å². The van der Waals surface area contributed by atoms with Crippen molar-refractivity contribution in [3.63, 3.8) is 0 Å². The van der Waals surface area contributed by atoms with Crippen molar-refractivity contribution in [2.24, 2.45) is 0 Å². The van der Waals surface area contributed by atoms with Crippen LogP contribution in [0.25, 0.3) is 0 Å². The van der Waals surface area contributed by atoms with Crippen molar-refractivity contribution < 1.29 is 9.59 Å². The Kier molecular flexibility index (Phi) is 2.73. The molecule has 7 heteroatoms. The van der Waals surface area contributed by atoms with Crippen LogP contribution in [0, 0.1) is 13.8 Å². The minimum absolute atomic E-state index is 0.601. The summed E-state index contributed by atoms with van der Waals surface area (Å²) >= 11 is 0. The van der Waals surface area contributed by atoms with Crippen LogP contribution in [0.3, 0.4) is 0 Å². The molecule has 0 unspecified atom stereocenters. The molecule has 0 aromatic carbocycles. The molecule has 17 heavy (non-hydrogen) atoms. The van der Waals surface area contributed by atoms with E-state index in [0.29, 0.717) is 11.4 Å². The molecule has 0 aliphatic rings. The maximum absolute atomic E-state index is 11.7. The van der Waals surface area contributed by atoms with Crippen molar-refractivity contribution in [3.05, 3.63) is 35.9 Å². The highest BCUT2D eigenvalue weighted by atomic mass is 16.2. The van der Waals surface area contributed by atoms with Crippen molar-refractivity contribution in [1.29, 1.82) is 0 Å². The average Bonchev–Trinajstić information content (AvgIpc) is 2.87. The topological polar surface area (TPSA) is 81.8 Å². The summed E-state index contributed by atoms with van der Waals surface area (Å²) in [6.45, 7) is 3.50. The normalized spacial score (nSPS) is 10.2. The van der Waals surface area contributed by atoms with Gasteiger partial charge in [-0.05, 0) is 26.0 Å². The van der Waals surface area contributed by atoms with Crippen molar-refractivity contribution in [1.82, 2.24) is 24.9 Å². The molecule has 0 aliphatic heterocycles. The second-order valence-corrected chi connectivity index (χ2v) is 3.52. The standard InChI is InChI=1S/C10H11N5O2/c1-7-6-8(2)15(13-7)10(17)12-9(16)14-5-3-4-11-14/h3-6H,1-2H3,(H,12,16,17). The Morgan fingerprint density at radius 3 is 2.59 bits per heavy atom. The molecular formula is C10H11N5O2. The zero-order valence-corrected chi connectivity index (χ0v) is 9.41. The number of nitrogens with zero attached hydrogens (tertiary/aromatic N) is 4. The number of aromatic nitrogens is 4. The first-order chi connectivity index (χ1) is 8.08. The van der Waals surface area contributed by atoms with Crippen molar-refractivity contribution in [2.45, 2.75) is 13.8 Å². The molecule has 2 heterocycles. The number of hydrogen-bond acceptors (Lipinski definition) is 4. The van der Waals surface area contributed by atoms with E-state index in [0.717, 1.165) is 9.36 Å². The van der Waals surface area contributed by atoms with Gasteiger partial charge in [-0.2, -0.15) is 19.6 Å². The molecule has 0 saturated carbocycles. The fourth-order valence-electron chi connectivity index (χ4n) is 1.43. The third-order valence-corrected chi connectivity index (χ3v) is 2.13. The first kappa shape index (κ1) is 11.1. The van der Waals surface area contributed by atoms with Crippen LogP contribution in [-0.4, -0.2) is 31.6 Å². The van der Waals surface area contributed by atoms with E-state index in [1.165, 1.54) is 12.4 Å². The van der Waals surface area contributed by atoms with Gasteiger partial charge in [-0.3, -0.25) is 5.32 Å². The van der Waals surface area contributed by atoms with Crippen LogP contribution in [0.5, 0.6) is 0 Å². The zero-order chi connectivity index (χ0) is 12.4. The van der Waals surface area contributed by atoms with E-state index >= 15 is 0 Å². The van der Waals surface area contributed by atoms with Crippen molar-refractivity contribution >= 4 is 12.1 Å². The summed E-state index contributed by atoms with van der Waals surface area (Å²) in [5, 5.41) is 9.86. The maximum atomic E-state index is 11.7. The van der Waals surface area contributed by atoms with Gasteiger partial charge in [-0.15, -0.1) is 0 Å². The van der Waals surface area contributed by atoms with Crippen LogP contribution in [0.1, 0.15) is 11.4 Å². The number of rotatable bonds is 0. The molecule has 0 atom stereocenters. The van der Waals surface area contributed by atoms with Gasteiger partial charge in [0, 0.05) is 18.1 Å². The highest BCUT2D eigenvalue weighted by molar-refractivity contribution is 5.94. The van der Waals surface area contributed by atoms with Gasteiger partial charge in [-0.1, -0.05) is 0 Å². The maximum Gasteiger partial charge on any atom is 0.350 e. The zero-order valence-electron chi connectivity index (χ0n) is 9.41. The van der Waals surface area contributed by atoms with Gasteiger partial charge < -0.3 is 0 Å². The molecule has 0 fully saturated rings. The van der Waals surface area contributed by atoms with Crippen LogP contribution in [0.15, 0.2) is 24.5 Å². The predicted molar refractivity (Wildman–Crippen MR) is 58.7 cm³/mol. The Labute approximate surface area is 97.0 Å². The lowest BCUT2D eigenvalue weighted by molar-refractivity contribution is 0.225. The molecule has 2 aromatic heterocycles. The molecule has 0 radical (unpaired) electrons. The number of nitrogens with one attached hydrogen (secondary N) is 1. The molecule has 1 N–H and O–H groups in total. The molecule has 2 rings (SSSR count). The largest absolute Gasteiger partial charge is 0.350 e. The number of carbonyl (C=O) groups is 2. The van der Waals surface area contributed by atoms with E-state index in [9.17, 15) is 9.59 Å². The van der Waals surface area contributed by atoms with Gasteiger partial charge in [0.15, 0.2) is 0 Å². The third kappa shape index (κ3) is 2.22. The summed E-state index contributed by atoms with van der Waals surface area (Å²) in [6, 6.07) is 2.12. The molecule has 0 spiro atoms. The SMILES string of the molecule is Cc1cc(C)n(C(=O)NC(=O)n2cccn2)n1. The summed E-state index contributed by atoms with van der Waals surface area (Å²) in [5.41, 5.74) is 1.37. The van der Waals surface area contributed by atoms with Gasteiger partial charge >= 0.3 is 12.1 Å². The van der Waals surface area contributed by atoms with Gasteiger partial charge in [0.25, 0.3) is 0 Å². The van der Waals surface area contributed by atoms with Gasteiger partial charge in [0.2, 0.25) is 0 Å². The number of hydrogen-bond donors (Lipinski definition) is 1. The van der Waals surface area contributed by atoms with Gasteiger partial charge in [0.05, 0.1) is 5.69 Å². The van der Waals surface area contributed by atoms with E-state index in [-0.39, 0.29) is 0 Å². The minimum Gasteiger partial charge on any atom is -0.256 e. The van der Waals surface area contributed by atoms with Gasteiger partial charge in [0.1, 0.15) is 0 Å². The molecule has 2 aromatic rings. The van der Waals surface area contributed by atoms with Crippen molar-refractivity contribution in [3.8, 4) is 0 Å². The highest BCUT2D eigenvalue weighted by Crippen LogP contribution is 2.00. The molecule has 0 saturated heterocycles. The van der Waals surface area contributed by atoms with Crippen molar-refractivity contribution in [2.75, 3.05) is 0 Å². The summed E-state index contributed by atoms with van der Waals surface area (Å²) in [5.74, 6) is 0. The summed E-state index contributed by atoms with van der Waals surface area (Å²) in [7, 11) is 0. The number of imide groups is 1. The molecule has 0 bridgehead atoms. The Bertz CT molecular complexity index is 555. The lowest BCUT2D eigenvalue weighted by Crippen LogP contribution is -2.38. The molecule has 2 amide bonds. The lowest BCUT2D eigenvalue weighted by Gasteiger charge is -2.04. The first-order valence-electron chi connectivity index (χ1n) is 4.96. The van der Waals surface area contributed by atoms with Crippen LogP contribution in [0.2, 0.25) is 0 Å². The molecular weight excluding hydrogens is 222 g/mol. The van der Waals surface area contributed by atoms with Gasteiger partial charge in [-0.25, -0.2) is 9.59 Å². The molecule has 0 aliphatic carbocycles. The highest BCUT2D eigenvalue weighted by Gasteiger charge is 2.14. The summed E-state index contributed by atoms with van der Waals surface area (Å²) in [6.07, 6.45) is 2.90. The number of aryl methyl sites for hydroxylation is 2. The van der Waals surface area contributed by atoms with E-state index in [4.69, 9.17) is 0 Å². The fourth-order valence-corrected chi connectivity index (χ4v) is 1.43. The van der Waals surface area contributed by atoms with E-state index < -0.39 is 12.1 Å². The number of amides is 2. The third-order valence-electron chi connectivity index (χ3n) is 2.13. The van der Waals surface area contributed by atoms with Crippen LogP contribution < -0.4 is 5.32 Å². The van der Waals surface area contributed by atoms with E-state index in [2.05, 4.69) is 15.5 Å². The fraction of sp³-hybridized carbons (Fsp3) is 0.200. The summed E-state index contributed by atoms with van der Waals surface area (Å²) in [4.78, 5) is 23.2. The Balaban J connectivity index is 2.12. The Hall–Kier alpha value is -2.44. The number of carbonyl (C=O) groups excluding carboxylic acids is 2. The lowest BCUT2D eigenvalue weighted by atomic mass is 10.4. The molecule has 7 nitrogen and oxygen atoms in total. The Morgan fingerprint density at radius 2 is 2.06 bits per heavy atom. The average molecular weight is 233 g/mol. The first-order valence-corrected chi connectivity index (χ1v) is 4.96. The van der Waals surface area contributed by atoms with Crippen LogP contribution >= 0.6 is 0 Å². The predicted octanol–water partition coefficient (Wildman–Crippen LogP) is 0.922. The van der Waals surface area contributed by atoms with Crippen LogP contribution in [0.4, 0.5) is 9.59 Å². The quantitative estimate of drug-likeness (QED) is 0.733. The van der Waals surface area contributed by atoms with E-state index in [1.807, 2.05) is 0 Å². The summed E-state index contributed by atoms with van der Waals surface area (Å²) < 4.78 is 2.17. The minimum atomic E-state index is -0.618. The second kappa shape index (κ2) is 4.20. The molecule has 88 valence electrons. The monoisotopic (exact) mass is 233 g/mol.